The number of carbonyl (C=O) groups is 3. The molecule has 0 amide bonds. The second kappa shape index (κ2) is 15.3. The van der Waals surface area contributed by atoms with Crippen molar-refractivity contribution >= 4 is 17.9 Å². The molecule has 22 heteroatoms. The van der Waals surface area contributed by atoms with Gasteiger partial charge in [-0.1, -0.05) is 0 Å². The van der Waals surface area contributed by atoms with Crippen LogP contribution in [0.4, 0.5) is 65.9 Å². The van der Waals surface area contributed by atoms with Crippen molar-refractivity contribution < 1.29 is 142 Å². The molecular weight excluding hydrogens is 806 g/mol. The van der Waals surface area contributed by atoms with Crippen LogP contribution >= 0.6 is 0 Å². The van der Waals surface area contributed by atoms with E-state index in [-0.39, 0.29) is 46.9 Å². The number of rotatable bonds is 3. The van der Waals surface area contributed by atoms with Gasteiger partial charge < -0.3 is 29.7 Å². The molecule has 3 rings (SSSR count). The Balaban J connectivity index is 0.000000608. The van der Waals surface area contributed by atoms with Crippen molar-refractivity contribution in [3.63, 3.8) is 0 Å². The minimum Gasteiger partial charge on any atom is -0.545 e. The van der Waals surface area contributed by atoms with E-state index in [2.05, 4.69) is 0 Å². The number of hydrogen-bond donors (Lipinski definition) is 0. The van der Waals surface area contributed by atoms with E-state index >= 15 is 0 Å². The van der Waals surface area contributed by atoms with Gasteiger partial charge in [0, 0.05) is 0 Å². The van der Waals surface area contributed by atoms with Crippen LogP contribution in [0.3, 0.4) is 0 Å². The summed E-state index contributed by atoms with van der Waals surface area (Å²) < 4.78 is 186. The molecule has 0 aliphatic carbocycles. The van der Waals surface area contributed by atoms with Crippen LogP contribution in [0.5, 0.6) is 0 Å². The third-order valence-electron chi connectivity index (χ3n) is 4.24. The summed E-state index contributed by atoms with van der Waals surface area (Å²) in [7, 11) is 0. The standard InChI is InChI=1S/3C7HF5O2.Yb/c3*8-2-1(7(13)14)3(9)5(11)6(12)4(2)10;/h3*(H,13,14);/q;;;+3/p-3. The van der Waals surface area contributed by atoms with Crippen LogP contribution in [-0.4, -0.2) is 17.9 Å². The van der Waals surface area contributed by atoms with Gasteiger partial charge in [0.05, 0.1) is 34.6 Å². The van der Waals surface area contributed by atoms with Gasteiger partial charge in [0.2, 0.25) is 17.5 Å². The Morgan fingerprint density at radius 3 is 0.465 bits per heavy atom. The maximum Gasteiger partial charge on any atom is 3.00 e. The van der Waals surface area contributed by atoms with Crippen molar-refractivity contribution in [2.75, 3.05) is 0 Å². The maximum atomic E-state index is 12.5. The van der Waals surface area contributed by atoms with Gasteiger partial charge in [-0.3, -0.25) is 0 Å². The number of carboxylic acids is 3. The first kappa shape index (κ1) is 39.5. The maximum absolute atomic E-state index is 12.5. The van der Waals surface area contributed by atoms with Crippen molar-refractivity contribution in [2.24, 2.45) is 0 Å². The van der Waals surface area contributed by atoms with Gasteiger partial charge in [-0.25, -0.2) is 65.9 Å². The van der Waals surface area contributed by atoms with Gasteiger partial charge in [-0.2, -0.15) is 0 Å². The van der Waals surface area contributed by atoms with Crippen molar-refractivity contribution in [2.45, 2.75) is 0 Å². The third-order valence-corrected chi connectivity index (χ3v) is 4.24. The summed E-state index contributed by atoms with van der Waals surface area (Å²) in [6, 6.07) is 0. The minimum atomic E-state index is -2.47. The number of halogens is 15. The Labute approximate surface area is 263 Å². The fourth-order valence-electron chi connectivity index (χ4n) is 2.35. The Kier molecular flexibility index (Phi) is 14.1. The zero-order valence-electron chi connectivity index (χ0n) is 18.9. The van der Waals surface area contributed by atoms with Crippen molar-refractivity contribution in [3.8, 4) is 0 Å². The Bertz CT molecular complexity index is 1350. The van der Waals surface area contributed by atoms with Gasteiger partial charge in [0.1, 0.15) is 0 Å². The number of aromatic carboxylic acids is 3. The van der Waals surface area contributed by atoms with E-state index in [9.17, 15) is 95.6 Å². The fraction of sp³-hybridized carbons (Fsp3) is 0. The van der Waals surface area contributed by atoms with E-state index in [1.54, 1.807) is 0 Å². The minimum absolute atomic E-state index is 0. The SMILES string of the molecule is O=C([O-])c1c(F)c(F)c(F)c(F)c1F.O=C([O-])c1c(F)c(F)c(F)c(F)c1F.O=C([O-])c1c(F)c(F)c(F)c(F)c1F.[Yb+3]. The normalized spacial score (nSPS) is 10.1. The monoisotopic (exact) mass is 807 g/mol. The van der Waals surface area contributed by atoms with E-state index in [0.717, 1.165) is 0 Å². The second-order valence-corrected chi connectivity index (χ2v) is 6.70. The molecule has 0 heterocycles. The molecule has 0 saturated carbocycles. The van der Waals surface area contributed by atoms with Crippen molar-refractivity contribution in [1.29, 1.82) is 0 Å². The Morgan fingerprint density at radius 1 is 0.279 bits per heavy atom. The first-order valence-corrected chi connectivity index (χ1v) is 9.31. The molecule has 0 aliphatic rings. The smallest absolute Gasteiger partial charge is 0.545 e. The summed E-state index contributed by atoms with van der Waals surface area (Å²) >= 11 is 0. The first-order valence-electron chi connectivity index (χ1n) is 9.31. The molecule has 3 aromatic rings. The summed E-state index contributed by atoms with van der Waals surface area (Å²) in [5.41, 5.74) is -5.91. The molecule has 0 aromatic heterocycles. The average Bonchev–Trinajstić information content (AvgIpc) is 2.91. The van der Waals surface area contributed by atoms with Gasteiger partial charge in [0.25, 0.3) is 0 Å². The van der Waals surface area contributed by atoms with Crippen molar-refractivity contribution in [3.05, 3.63) is 104 Å². The molecule has 0 spiro atoms. The third kappa shape index (κ3) is 7.93. The number of hydrogen-bond acceptors (Lipinski definition) is 6. The Morgan fingerprint density at radius 2 is 0.372 bits per heavy atom. The molecule has 3 aromatic carbocycles. The summed E-state index contributed by atoms with van der Waals surface area (Å²) in [6.45, 7) is 0. The van der Waals surface area contributed by atoms with E-state index in [4.69, 9.17) is 0 Å². The molecule has 43 heavy (non-hydrogen) atoms. The van der Waals surface area contributed by atoms with Crippen LogP contribution in [0, 0.1) is 134 Å². The molecule has 0 unspecified atom stereocenters. The van der Waals surface area contributed by atoms with Crippen molar-refractivity contribution in [1.82, 2.24) is 0 Å². The van der Waals surface area contributed by atoms with Gasteiger partial charge in [0.15, 0.2) is 69.8 Å². The van der Waals surface area contributed by atoms with Crippen LogP contribution in [0.2, 0.25) is 0 Å². The molecule has 239 valence electrons. The zero-order valence-corrected chi connectivity index (χ0v) is 20.6. The Hall–Kier alpha value is -3.46. The molecule has 0 N–H and O–H groups in total. The molecule has 0 fully saturated rings. The molecule has 1 radical (unpaired) electrons. The molecule has 0 saturated heterocycles. The molecule has 0 aliphatic heterocycles. The molecule has 0 atom stereocenters. The topological polar surface area (TPSA) is 120 Å². The van der Waals surface area contributed by atoms with Gasteiger partial charge >= 0.3 is 46.9 Å². The van der Waals surface area contributed by atoms with E-state index < -0.39 is 122 Å². The summed E-state index contributed by atoms with van der Waals surface area (Å²) in [5.74, 6) is -43.1. The van der Waals surface area contributed by atoms with Gasteiger partial charge in [-0.15, -0.1) is 0 Å². The summed E-state index contributed by atoms with van der Waals surface area (Å²) in [4.78, 5) is 30.0. The van der Waals surface area contributed by atoms with Crippen LogP contribution in [0.25, 0.3) is 0 Å². The zero-order chi connectivity index (χ0) is 33.1. The predicted octanol–water partition coefficient (Wildman–Crippen LogP) is 2.24. The van der Waals surface area contributed by atoms with E-state index in [1.165, 1.54) is 0 Å². The fourth-order valence-corrected chi connectivity index (χ4v) is 2.35. The van der Waals surface area contributed by atoms with Crippen LogP contribution in [0.1, 0.15) is 31.1 Å². The van der Waals surface area contributed by atoms with E-state index in [1.807, 2.05) is 0 Å². The van der Waals surface area contributed by atoms with Crippen LogP contribution in [0.15, 0.2) is 0 Å². The molecule has 0 bridgehead atoms. The first-order chi connectivity index (χ1) is 19.1. The predicted molar refractivity (Wildman–Crippen MR) is 91.7 cm³/mol. The largest absolute Gasteiger partial charge is 3.00 e. The molecular formula is C21F15O6Yb. The summed E-state index contributed by atoms with van der Waals surface area (Å²) in [6.07, 6.45) is 0. The molecule has 6 nitrogen and oxygen atoms in total. The number of carbonyl (C=O) groups excluding carboxylic acids is 3. The number of benzene rings is 3. The second-order valence-electron chi connectivity index (χ2n) is 6.70. The number of carboxylic acid groups (broad SMARTS) is 3. The van der Waals surface area contributed by atoms with E-state index in [0.29, 0.717) is 0 Å². The van der Waals surface area contributed by atoms with Gasteiger partial charge in [-0.05, 0) is 0 Å². The quantitative estimate of drug-likeness (QED) is 0.228. The van der Waals surface area contributed by atoms with Crippen LogP contribution in [-0.2, 0) is 0 Å². The average molecular weight is 806 g/mol. The van der Waals surface area contributed by atoms with Crippen LogP contribution < -0.4 is 15.3 Å². The summed E-state index contributed by atoms with van der Waals surface area (Å²) in [5, 5.41) is 30.0.